The predicted molar refractivity (Wildman–Crippen MR) is 69.5 cm³/mol. The summed E-state index contributed by atoms with van der Waals surface area (Å²) >= 11 is 5.12. The summed E-state index contributed by atoms with van der Waals surface area (Å²) in [5.41, 5.74) is 0.482. The first kappa shape index (κ1) is 15.0. The molecular weight excluding hydrogens is 272 g/mol. The first-order chi connectivity index (χ1) is 9.10. The number of esters is 1. The zero-order chi connectivity index (χ0) is 14.3. The highest BCUT2D eigenvalue weighted by Gasteiger charge is 2.17. The minimum atomic E-state index is -0.912. The molecule has 1 rings (SSSR count). The lowest BCUT2D eigenvalue weighted by atomic mass is 10.0. The third-order valence-electron chi connectivity index (χ3n) is 2.29. The topological polar surface area (TPSA) is 61.8 Å². The Morgan fingerprint density at radius 1 is 1.26 bits per heavy atom. The molecule has 0 fully saturated rings. The normalized spacial score (nSPS) is 10.8. The monoisotopic (exact) mass is 284 g/mol. The summed E-state index contributed by atoms with van der Waals surface area (Å²) < 4.78 is 14.3. The average molecular weight is 285 g/mol. The van der Waals surface area contributed by atoms with Crippen LogP contribution in [0.4, 0.5) is 4.79 Å². The van der Waals surface area contributed by atoms with E-state index in [9.17, 15) is 9.59 Å². The van der Waals surface area contributed by atoms with Gasteiger partial charge < -0.3 is 14.2 Å². The van der Waals surface area contributed by atoms with Crippen LogP contribution in [0.3, 0.4) is 0 Å². The number of carbonyl (C=O) groups excluding carboxylic acids is 2. The molecule has 0 N–H and O–H groups in total. The van der Waals surface area contributed by atoms with Crippen molar-refractivity contribution in [3.8, 4) is 0 Å². The summed E-state index contributed by atoms with van der Waals surface area (Å²) in [5, 5.41) is 0. The van der Waals surface area contributed by atoms with E-state index in [-0.39, 0.29) is 12.2 Å². The highest BCUT2D eigenvalue weighted by atomic mass is 35.5. The van der Waals surface area contributed by atoms with Crippen molar-refractivity contribution in [2.24, 2.45) is 0 Å². The third-order valence-corrected chi connectivity index (χ3v) is 2.40. The number of carbonyl (C=O) groups is 2. The number of hydrogen-bond donors (Lipinski definition) is 0. The number of ether oxygens (including phenoxy) is 3. The van der Waals surface area contributed by atoms with Gasteiger partial charge in [-0.2, -0.15) is 0 Å². The molecule has 0 aliphatic carbocycles. The summed E-state index contributed by atoms with van der Waals surface area (Å²) in [6.45, 7) is -0.0451. The average Bonchev–Trinajstić information content (AvgIpc) is 2.42. The van der Waals surface area contributed by atoms with Crippen molar-refractivity contribution in [3.05, 3.63) is 41.7 Å². The molecule has 0 atom stereocenters. The number of rotatable bonds is 5. The fraction of sp³-hybridized carbons (Fsp3) is 0.231. The molecule has 0 aromatic heterocycles. The largest absolute Gasteiger partial charge is 0.503 e. The minimum absolute atomic E-state index is 0.0451. The minimum Gasteiger partial charge on any atom is -0.503 e. The number of methoxy groups -OCH3 is 2. The van der Waals surface area contributed by atoms with Gasteiger partial charge in [0.1, 0.15) is 12.2 Å². The van der Waals surface area contributed by atoms with Crippen LogP contribution in [-0.2, 0) is 25.6 Å². The van der Waals surface area contributed by atoms with Crippen LogP contribution in [0.15, 0.2) is 30.5 Å². The lowest BCUT2D eigenvalue weighted by Gasteiger charge is -2.11. The molecule has 0 unspecified atom stereocenters. The van der Waals surface area contributed by atoms with Gasteiger partial charge >= 0.3 is 11.4 Å². The first-order valence-electron chi connectivity index (χ1n) is 5.32. The molecule has 0 radical (unpaired) electrons. The Morgan fingerprint density at radius 3 is 2.53 bits per heavy atom. The number of benzene rings is 1. The van der Waals surface area contributed by atoms with Gasteiger partial charge in [-0.25, -0.2) is 9.59 Å². The van der Waals surface area contributed by atoms with Gasteiger partial charge in [0.2, 0.25) is 0 Å². The Balaban J connectivity index is 3.12. The van der Waals surface area contributed by atoms with Gasteiger partial charge in [-0.3, -0.25) is 0 Å². The zero-order valence-corrected chi connectivity index (χ0v) is 11.3. The van der Waals surface area contributed by atoms with E-state index in [1.807, 2.05) is 0 Å². The Bertz CT molecular complexity index is 496. The van der Waals surface area contributed by atoms with Crippen molar-refractivity contribution in [2.45, 2.75) is 6.61 Å². The van der Waals surface area contributed by atoms with Gasteiger partial charge in [-0.05, 0) is 11.1 Å². The zero-order valence-electron chi connectivity index (χ0n) is 10.5. The van der Waals surface area contributed by atoms with Crippen LogP contribution >= 0.6 is 11.6 Å². The molecule has 5 nitrogen and oxygen atoms in total. The molecule has 0 bridgehead atoms. The molecule has 0 saturated carbocycles. The highest BCUT2D eigenvalue weighted by Crippen LogP contribution is 2.21. The van der Waals surface area contributed by atoms with Crippen LogP contribution in [0, 0.1) is 0 Å². The first-order valence-corrected chi connectivity index (χ1v) is 5.69. The van der Waals surface area contributed by atoms with Crippen LogP contribution in [-0.4, -0.2) is 25.6 Å². The van der Waals surface area contributed by atoms with Gasteiger partial charge in [0.25, 0.3) is 0 Å². The van der Waals surface area contributed by atoms with Crippen molar-refractivity contribution in [2.75, 3.05) is 14.2 Å². The Hall–Kier alpha value is -2.01. The molecule has 0 amide bonds. The third kappa shape index (κ3) is 4.30. The quantitative estimate of drug-likeness (QED) is 0.360. The fourth-order valence-corrected chi connectivity index (χ4v) is 1.55. The van der Waals surface area contributed by atoms with E-state index in [2.05, 4.69) is 4.74 Å². The van der Waals surface area contributed by atoms with E-state index in [0.717, 1.165) is 0 Å². The fourth-order valence-electron chi connectivity index (χ4n) is 1.49. The predicted octanol–water partition coefficient (Wildman–Crippen LogP) is 2.72. The van der Waals surface area contributed by atoms with Crippen molar-refractivity contribution in [3.63, 3.8) is 0 Å². The van der Waals surface area contributed by atoms with Gasteiger partial charge in [0.05, 0.1) is 20.5 Å². The molecule has 1 aromatic rings. The smallest absolute Gasteiger partial charge is 0.404 e. The van der Waals surface area contributed by atoms with E-state index in [4.69, 9.17) is 21.1 Å². The molecule has 6 heteroatoms. The van der Waals surface area contributed by atoms with Crippen LogP contribution in [0.25, 0.3) is 5.57 Å². The maximum atomic E-state index is 11.7. The SMILES string of the molecule is COC=C(C(=O)OC)c1ccccc1COC(=O)Cl. The van der Waals surface area contributed by atoms with Gasteiger partial charge in [0.15, 0.2) is 0 Å². The Labute approximate surface area is 115 Å². The number of halogens is 1. The molecule has 1 aromatic carbocycles. The molecule has 19 heavy (non-hydrogen) atoms. The second-order valence-electron chi connectivity index (χ2n) is 3.44. The van der Waals surface area contributed by atoms with Crippen LogP contribution in [0.1, 0.15) is 11.1 Å². The second kappa shape index (κ2) is 7.43. The van der Waals surface area contributed by atoms with Crippen LogP contribution in [0.5, 0.6) is 0 Å². The maximum absolute atomic E-state index is 11.7. The molecule has 0 aliphatic rings. The van der Waals surface area contributed by atoms with E-state index < -0.39 is 11.4 Å². The standard InChI is InChI=1S/C13H13ClO5/c1-17-8-11(12(15)18-2)10-6-4-3-5-9(10)7-19-13(14)16/h3-6,8H,7H2,1-2H3. The maximum Gasteiger partial charge on any atom is 0.404 e. The summed E-state index contributed by atoms with van der Waals surface area (Å²) in [4.78, 5) is 22.3. The van der Waals surface area contributed by atoms with Crippen LogP contribution in [0.2, 0.25) is 0 Å². The molecule has 0 heterocycles. The van der Waals surface area contributed by atoms with Crippen molar-refractivity contribution in [1.82, 2.24) is 0 Å². The van der Waals surface area contributed by atoms with Gasteiger partial charge in [0, 0.05) is 11.6 Å². The van der Waals surface area contributed by atoms with E-state index >= 15 is 0 Å². The van der Waals surface area contributed by atoms with E-state index in [1.165, 1.54) is 20.5 Å². The summed E-state index contributed by atoms with van der Waals surface area (Å²) in [6.07, 6.45) is 1.27. The van der Waals surface area contributed by atoms with Crippen molar-refractivity contribution in [1.29, 1.82) is 0 Å². The van der Waals surface area contributed by atoms with Crippen LogP contribution < -0.4 is 0 Å². The van der Waals surface area contributed by atoms with Gasteiger partial charge in [-0.15, -0.1) is 0 Å². The Kier molecular flexibility index (Phi) is 5.89. The van der Waals surface area contributed by atoms with Crippen molar-refractivity contribution >= 4 is 28.6 Å². The summed E-state index contributed by atoms with van der Waals surface area (Å²) in [7, 11) is 2.69. The summed E-state index contributed by atoms with van der Waals surface area (Å²) in [5.74, 6) is -0.550. The van der Waals surface area contributed by atoms with Crippen molar-refractivity contribution < 1.29 is 23.8 Å². The second-order valence-corrected chi connectivity index (χ2v) is 3.75. The molecule has 0 aliphatic heterocycles. The van der Waals surface area contributed by atoms with Gasteiger partial charge in [-0.1, -0.05) is 24.3 Å². The molecular formula is C13H13ClO5. The highest BCUT2D eigenvalue weighted by molar-refractivity contribution is 6.61. The van der Waals surface area contributed by atoms with E-state index in [0.29, 0.717) is 11.1 Å². The Morgan fingerprint density at radius 2 is 1.95 bits per heavy atom. The summed E-state index contributed by atoms with van der Waals surface area (Å²) in [6, 6.07) is 6.90. The van der Waals surface area contributed by atoms with E-state index in [1.54, 1.807) is 24.3 Å². The lowest BCUT2D eigenvalue weighted by molar-refractivity contribution is -0.133. The number of hydrogen-bond acceptors (Lipinski definition) is 5. The molecule has 0 saturated heterocycles. The molecule has 0 spiro atoms. The lowest BCUT2D eigenvalue weighted by Crippen LogP contribution is -2.08. The molecule has 102 valence electrons.